The molecule has 1 aromatic carbocycles. The number of nitrogens with zero attached hydrogens (tertiary/aromatic N) is 6. The van der Waals surface area contributed by atoms with E-state index in [1.807, 2.05) is 44.3 Å². The number of allylic oxidation sites excluding steroid dienone is 3. The van der Waals surface area contributed by atoms with Gasteiger partial charge in [0, 0.05) is 46.1 Å². The molecule has 4 heterocycles. The summed E-state index contributed by atoms with van der Waals surface area (Å²) in [6.45, 7) is 3.67. The van der Waals surface area contributed by atoms with Crippen molar-refractivity contribution in [1.29, 1.82) is 0 Å². The lowest BCUT2D eigenvalue weighted by Gasteiger charge is -2.30. The van der Waals surface area contributed by atoms with Gasteiger partial charge in [-0.25, -0.2) is 19.7 Å². The van der Waals surface area contributed by atoms with E-state index in [0.717, 1.165) is 71.3 Å². The van der Waals surface area contributed by atoms with E-state index in [-0.39, 0.29) is 17.0 Å². The van der Waals surface area contributed by atoms with Gasteiger partial charge in [0.1, 0.15) is 29.2 Å². The van der Waals surface area contributed by atoms with Gasteiger partial charge in [0.15, 0.2) is 0 Å². The first-order valence-electron chi connectivity index (χ1n) is 15.3. The first-order chi connectivity index (χ1) is 22.7. The number of amides is 1. The van der Waals surface area contributed by atoms with Crippen LogP contribution in [0.4, 0.5) is 5.82 Å². The number of benzene rings is 1. The SMILES string of the molecule is C#Cc1c(-c2cnc3ccccc3c2)c2c(N)ncnc2n1C12CCC(NC(=O)c3cnc(C)cn3)(CC1)C2.C/C=C/C=C/C(=O)O. The van der Waals surface area contributed by atoms with Crippen molar-refractivity contribution in [3.63, 3.8) is 0 Å². The average Bonchev–Trinajstić information content (AvgIpc) is 3.74. The van der Waals surface area contributed by atoms with Gasteiger partial charge >= 0.3 is 5.97 Å². The molecule has 0 atom stereocenters. The predicted octanol–water partition coefficient (Wildman–Crippen LogP) is 5.35. The number of rotatable bonds is 6. The van der Waals surface area contributed by atoms with Crippen LogP contribution >= 0.6 is 0 Å². The highest BCUT2D eigenvalue weighted by Crippen LogP contribution is 2.57. The van der Waals surface area contributed by atoms with Crippen molar-refractivity contribution in [2.45, 2.75) is 57.0 Å². The second-order valence-electron chi connectivity index (χ2n) is 12.0. The number of nitrogens with two attached hydrogens (primary N) is 1. The zero-order chi connectivity index (χ0) is 33.2. The van der Waals surface area contributed by atoms with Gasteiger partial charge in [-0.05, 0) is 58.1 Å². The number of carboxylic acids is 1. The number of carbonyl (C=O) groups excluding carboxylic acids is 1. The minimum Gasteiger partial charge on any atom is -0.478 e. The van der Waals surface area contributed by atoms with Gasteiger partial charge < -0.3 is 20.7 Å². The van der Waals surface area contributed by atoms with Crippen LogP contribution in [0, 0.1) is 19.3 Å². The molecule has 4 N–H and O–H groups in total. The van der Waals surface area contributed by atoms with E-state index in [1.54, 1.807) is 18.3 Å². The fraction of sp³-hybridized carbons (Fsp3) is 0.250. The number of anilines is 1. The number of aryl methyl sites for hydroxylation is 1. The Balaban J connectivity index is 0.000000431. The number of terminal acetylenes is 1. The first kappa shape index (κ1) is 31.1. The molecule has 5 aromatic rings. The number of nitrogen functional groups attached to an aromatic ring is 1. The second-order valence-corrected chi connectivity index (χ2v) is 12.0. The third-order valence-electron chi connectivity index (χ3n) is 9.01. The molecule has 2 aliphatic carbocycles. The summed E-state index contributed by atoms with van der Waals surface area (Å²) in [5.74, 6) is 2.23. The van der Waals surface area contributed by atoms with Crippen molar-refractivity contribution in [2.24, 2.45) is 0 Å². The number of aliphatic carboxylic acids is 1. The van der Waals surface area contributed by atoms with Gasteiger partial charge in [0.05, 0.1) is 22.8 Å². The number of carboxylic acid groups (broad SMARTS) is 1. The average molecular weight is 627 g/mol. The van der Waals surface area contributed by atoms with Crippen molar-refractivity contribution < 1.29 is 14.7 Å². The van der Waals surface area contributed by atoms with E-state index >= 15 is 0 Å². The zero-order valence-electron chi connectivity index (χ0n) is 26.1. The van der Waals surface area contributed by atoms with Crippen LogP contribution in [0.15, 0.2) is 79.6 Å². The normalized spacial score (nSPS) is 20.0. The van der Waals surface area contributed by atoms with Crippen LogP contribution in [0.2, 0.25) is 0 Å². The number of hydrogen-bond donors (Lipinski definition) is 3. The smallest absolute Gasteiger partial charge is 0.328 e. The molecule has 11 heteroatoms. The minimum atomic E-state index is -0.914. The molecule has 0 spiro atoms. The van der Waals surface area contributed by atoms with Gasteiger partial charge in [0.25, 0.3) is 5.91 Å². The van der Waals surface area contributed by atoms with Crippen LogP contribution in [-0.4, -0.2) is 52.0 Å². The summed E-state index contributed by atoms with van der Waals surface area (Å²) in [5.41, 5.74) is 10.9. The number of fused-ring (bicyclic) bond motifs is 4. The summed E-state index contributed by atoms with van der Waals surface area (Å²) in [5, 5.41) is 13.1. The minimum absolute atomic E-state index is 0.204. The molecule has 0 radical (unpaired) electrons. The quantitative estimate of drug-likeness (QED) is 0.128. The molecule has 2 fully saturated rings. The topological polar surface area (TPSA) is 162 Å². The van der Waals surface area contributed by atoms with Crippen LogP contribution in [0.5, 0.6) is 0 Å². The number of nitrogens with one attached hydrogen (secondary N) is 1. The molecule has 7 rings (SSSR count). The fourth-order valence-corrected chi connectivity index (χ4v) is 6.94. The molecule has 11 nitrogen and oxygen atoms in total. The fourth-order valence-electron chi connectivity index (χ4n) is 6.94. The van der Waals surface area contributed by atoms with Crippen LogP contribution < -0.4 is 11.1 Å². The van der Waals surface area contributed by atoms with Crippen molar-refractivity contribution >= 4 is 39.6 Å². The molecule has 0 unspecified atom stereocenters. The summed E-state index contributed by atoms with van der Waals surface area (Å²) < 4.78 is 2.19. The Morgan fingerprint density at radius 1 is 1.04 bits per heavy atom. The molecule has 2 aliphatic rings. The van der Waals surface area contributed by atoms with Gasteiger partial charge in [0.2, 0.25) is 0 Å². The Labute approximate surface area is 271 Å². The second kappa shape index (κ2) is 12.5. The van der Waals surface area contributed by atoms with Crippen LogP contribution in [0.1, 0.15) is 60.9 Å². The Morgan fingerprint density at radius 2 is 1.83 bits per heavy atom. The Kier molecular flexibility index (Phi) is 8.26. The largest absolute Gasteiger partial charge is 0.478 e. The molecular formula is C36H34N8O3. The van der Waals surface area contributed by atoms with Gasteiger partial charge in [-0.1, -0.05) is 42.3 Å². The highest BCUT2D eigenvalue weighted by atomic mass is 16.4. The Bertz CT molecular complexity index is 2100. The van der Waals surface area contributed by atoms with Gasteiger partial charge in [-0.3, -0.25) is 14.8 Å². The molecule has 2 bridgehead atoms. The van der Waals surface area contributed by atoms with E-state index in [1.165, 1.54) is 18.6 Å². The molecule has 0 saturated heterocycles. The molecule has 2 saturated carbocycles. The number of carbonyl (C=O) groups is 2. The lowest BCUT2D eigenvalue weighted by Crippen LogP contribution is -2.45. The highest BCUT2D eigenvalue weighted by molar-refractivity contribution is 6.04. The Morgan fingerprint density at radius 3 is 2.53 bits per heavy atom. The lowest BCUT2D eigenvalue weighted by molar-refractivity contribution is -0.131. The lowest BCUT2D eigenvalue weighted by atomic mass is 9.90. The van der Waals surface area contributed by atoms with Crippen LogP contribution in [0.3, 0.4) is 0 Å². The summed E-state index contributed by atoms with van der Waals surface area (Å²) in [7, 11) is 0. The molecule has 4 aromatic heterocycles. The summed E-state index contributed by atoms with van der Waals surface area (Å²) in [4.78, 5) is 45.1. The maximum absolute atomic E-state index is 13.1. The molecule has 1 amide bonds. The van der Waals surface area contributed by atoms with Gasteiger partial charge in [-0.15, -0.1) is 6.42 Å². The molecular weight excluding hydrogens is 592 g/mol. The van der Waals surface area contributed by atoms with E-state index in [9.17, 15) is 9.59 Å². The predicted molar refractivity (Wildman–Crippen MR) is 180 cm³/mol. The maximum atomic E-state index is 13.1. The number of pyridine rings is 1. The van der Waals surface area contributed by atoms with E-state index in [2.05, 4.69) is 41.8 Å². The standard InChI is InChI=1S/C30H26N8O.C6H8O2/c1-3-23-24(20-12-19-6-4-5-7-21(19)34-14-20)25-26(31)35-17-36-27(25)38(23)30-10-8-29(16-30,9-11-30)37-28(39)22-15-32-18(2)13-33-22;1-2-3-4-5-6(7)8/h1,4-7,12-15,17H,8-11,16H2,2H3,(H,37,39)(H2,31,35,36);2-5H,1H3,(H,7,8)/b;3-2+,5-4+. The van der Waals surface area contributed by atoms with E-state index in [0.29, 0.717) is 22.9 Å². The summed E-state index contributed by atoms with van der Waals surface area (Å²) >= 11 is 0. The van der Waals surface area contributed by atoms with Crippen molar-refractivity contribution in [2.75, 3.05) is 5.73 Å². The molecule has 236 valence electrons. The molecule has 47 heavy (non-hydrogen) atoms. The molecule has 0 aliphatic heterocycles. The van der Waals surface area contributed by atoms with E-state index in [4.69, 9.17) is 22.2 Å². The number of aromatic nitrogens is 6. The number of hydrogen-bond acceptors (Lipinski definition) is 8. The monoisotopic (exact) mass is 626 g/mol. The van der Waals surface area contributed by atoms with Crippen molar-refractivity contribution in [1.82, 2.24) is 34.8 Å². The first-order valence-corrected chi connectivity index (χ1v) is 15.3. The summed E-state index contributed by atoms with van der Waals surface area (Å²) in [6.07, 6.45) is 22.8. The van der Waals surface area contributed by atoms with Gasteiger partial charge in [-0.2, -0.15) is 0 Å². The van der Waals surface area contributed by atoms with E-state index < -0.39 is 5.97 Å². The van der Waals surface area contributed by atoms with Crippen molar-refractivity contribution in [3.8, 4) is 23.5 Å². The van der Waals surface area contributed by atoms with Crippen molar-refractivity contribution in [3.05, 3.63) is 96.6 Å². The highest BCUT2D eigenvalue weighted by Gasteiger charge is 2.57. The van der Waals surface area contributed by atoms with Crippen LogP contribution in [-0.2, 0) is 10.3 Å². The van der Waals surface area contributed by atoms with Crippen LogP contribution in [0.25, 0.3) is 33.1 Å². The summed E-state index contributed by atoms with van der Waals surface area (Å²) in [6, 6.07) is 10.1. The maximum Gasteiger partial charge on any atom is 0.328 e. The third-order valence-corrected chi connectivity index (χ3v) is 9.01. The zero-order valence-corrected chi connectivity index (χ0v) is 26.1. The third kappa shape index (κ3) is 5.81. The Hall–Kier alpha value is -5.89. The number of para-hydroxylation sites is 1.